The molecule has 2 aromatic heterocycles. The Morgan fingerprint density at radius 1 is 1.46 bits per heavy atom. The average molecular weight is 347 g/mol. The van der Waals surface area contributed by atoms with Crippen molar-refractivity contribution < 1.29 is 9.53 Å². The van der Waals surface area contributed by atoms with Crippen molar-refractivity contribution in [2.75, 3.05) is 25.0 Å². The summed E-state index contributed by atoms with van der Waals surface area (Å²) in [6, 6.07) is 5.49. The van der Waals surface area contributed by atoms with Gasteiger partial charge in [0.2, 0.25) is 5.91 Å². The zero-order valence-electron chi connectivity index (χ0n) is 13.6. The first-order valence-corrected chi connectivity index (χ1v) is 8.95. The van der Waals surface area contributed by atoms with Crippen molar-refractivity contribution in [2.45, 2.75) is 26.3 Å². The summed E-state index contributed by atoms with van der Waals surface area (Å²) in [6.45, 7) is 4.92. The van der Waals surface area contributed by atoms with Gasteiger partial charge in [-0.05, 0) is 38.4 Å². The first-order valence-electron chi connectivity index (χ1n) is 8.14. The van der Waals surface area contributed by atoms with E-state index < -0.39 is 0 Å². The van der Waals surface area contributed by atoms with Gasteiger partial charge in [-0.25, -0.2) is 4.98 Å². The number of hydrogen-bond acceptors (Lipinski definition) is 7. The third kappa shape index (κ3) is 4.48. The number of amides is 1. The normalized spacial score (nSPS) is 18.3. The second-order valence-electron chi connectivity index (χ2n) is 5.67. The van der Waals surface area contributed by atoms with Gasteiger partial charge >= 0.3 is 0 Å². The highest BCUT2D eigenvalue weighted by atomic mass is 32.1. The Balaban J connectivity index is 1.54. The second kappa shape index (κ2) is 8.16. The largest absolute Gasteiger partial charge is 0.469 e. The summed E-state index contributed by atoms with van der Waals surface area (Å²) >= 11 is 1.47. The lowest BCUT2D eigenvalue weighted by molar-refractivity contribution is -0.121. The van der Waals surface area contributed by atoms with Gasteiger partial charge in [0, 0.05) is 12.7 Å². The molecule has 3 rings (SSSR count). The minimum absolute atomic E-state index is 0.0277. The van der Waals surface area contributed by atoms with E-state index in [0.717, 1.165) is 30.9 Å². The predicted molar refractivity (Wildman–Crippen MR) is 91.9 cm³/mol. The van der Waals surface area contributed by atoms with Crippen LogP contribution >= 0.6 is 11.3 Å². The van der Waals surface area contributed by atoms with Crippen molar-refractivity contribution in [1.29, 1.82) is 0 Å². The topological polar surface area (TPSA) is 80.2 Å². The van der Waals surface area contributed by atoms with Crippen molar-refractivity contribution >= 4 is 23.1 Å². The smallest absolute Gasteiger partial charge is 0.294 e. The molecule has 1 saturated heterocycles. The molecular weight excluding hydrogens is 326 g/mol. The number of aromatic nitrogens is 3. The van der Waals surface area contributed by atoms with Crippen LogP contribution in [-0.4, -0.2) is 45.7 Å². The highest BCUT2D eigenvalue weighted by Crippen LogP contribution is 2.23. The Kier molecular flexibility index (Phi) is 5.71. The fourth-order valence-corrected chi connectivity index (χ4v) is 3.54. The molecule has 1 N–H and O–H groups in total. The molecule has 7 nitrogen and oxygen atoms in total. The van der Waals surface area contributed by atoms with E-state index in [2.05, 4.69) is 25.4 Å². The summed E-state index contributed by atoms with van der Waals surface area (Å²) in [7, 11) is 0. The minimum Gasteiger partial charge on any atom is -0.469 e. The minimum atomic E-state index is -0.0277. The van der Waals surface area contributed by atoms with E-state index in [1.54, 1.807) is 12.3 Å². The van der Waals surface area contributed by atoms with Gasteiger partial charge in [-0.15, -0.1) is 10.2 Å². The molecule has 1 unspecified atom stereocenters. The third-order valence-electron chi connectivity index (χ3n) is 3.87. The van der Waals surface area contributed by atoms with Gasteiger partial charge < -0.3 is 10.1 Å². The van der Waals surface area contributed by atoms with E-state index in [4.69, 9.17) is 4.74 Å². The second-order valence-corrected chi connectivity index (χ2v) is 6.70. The summed E-state index contributed by atoms with van der Waals surface area (Å²) in [6.07, 6.45) is 3.57. The summed E-state index contributed by atoms with van der Waals surface area (Å²) in [5.41, 5.74) is 0. The third-order valence-corrected chi connectivity index (χ3v) is 4.69. The highest BCUT2D eigenvalue weighted by molar-refractivity contribution is 7.13. The van der Waals surface area contributed by atoms with Crippen molar-refractivity contribution in [3.05, 3.63) is 29.4 Å². The zero-order chi connectivity index (χ0) is 16.8. The number of pyridine rings is 1. The molecule has 2 aromatic rings. The molecule has 1 fully saturated rings. The van der Waals surface area contributed by atoms with Gasteiger partial charge in [-0.1, -0.05) is 17.4 Å². The number of piperidine rings is 1. The van der Waals surface area contributed by atoms with Gasteiger partial charge in [0.25, 0.3) is 5.19 Å². The van der Waals surface area contributed by atoms with Crippen molar-refractivity contribution in [3.63, 3.8) is 0 Å². The Morgan fingerprint density at radius 3 is 3.17 bits per heavy atom. The average Bonchev–Trinajstić information content (AvgIpc) is 3.03. The molecule has 1 amide bonds. The Morgan fingerprint density at radius 2 is 2.38 bits per heavy atom. The first-order chi connectivity index (χ1) is 11.7. The van der Waals surface area contributed by atoms with Crippen LogP contribution in [0.5, 0.6) is 5.19 Å². The lowest BCUT2D eigenvalue weighted by atomic mass is 9.97. The molecule has 128 valence electrons. The standard InChI is InChI=1S/C16H21N5O2S/c1-2-23-16-20-19-14(24-16)11-21-9-5-6-12(10-21)15(22)18-13-7-3-4-8-17-13/h3-4,7-8,12H,2,5-6,9-11H2,1H3,(H,17,18,22). The Labute approximate surface area is 145 Å². The fourth-order valence-electron chi connectivity index (χ4n) is 2.75. The molecule has 1 aliphatic rings. The zero-order valence-corrected chi connectivity index (χ0v) is 14.5. The maximum absolute atomic E-state index is 12.4. The van der Waals surface area contributed by atoms with E-state index in [1.807, 2.05) is 19.1 Å². The maximum Gasteiger partial charge on any atom is 0.294 e. The number of likely N-dealkylation sites (tertiary alicyclic amines) is 1. The van der Waals surface area contributed by atoms with Gasteiger partial charge in [0.05, 0.1) is 19.1 Å². The van der Waals surface area contributed by atoms with Crippen LogP contribution in [0.25, 0.3) is 0 Å². The molecule has 0 spiro atoms. The fraction of sp³-hybridized carbons (Fsp3) is 0.500. The van der Waals surface area contributed by atoms with Gasteiger partial charge in [0.1, 0.15) is 10.8 Å². The van der Waals surface area contributed by atoms with E-state index >= 15 is 0 Å². The Hall–Kier alpha value is -2.06. The summed E-state index contributed by atoms with van der Waals surface area (Å²) < 4.78 is 5.36. The van der Waals surface area contributed by atoms with Crippen LogP contribution in [0, 0.1) is 5.92 Å². The van der Waals surface area contributed by atoms with E-state index in [1.165, 1.54) is 11.3 Å². The number of rotatable bonds is 6. The number of carbonyl (C=O) groups excluding carboxylic acids is 1. The van der Waals surface area contributed by atoms with Crippen LogP contribution < -0.4 is 10.1 Å². The number of carbonyl (C=O) groups is 1. The molecule has 0 saturated carbocycles. The lowest BCUT2D eigenvalue weighted by Gasteiger charge is -2.31. The summed E-state index contributed by atoms with van der Waals surface area (Å²) in [5.74, 6) is 0.607. The summed E-state index contributed by atoms with van der Waals surface area (Å²) in [4.78, 5) is 18.8. The first kappa shape index (κ1) is 16.8. The maximum atomic E-state index is 12.4. The predicted octanol–water partition coefficient (Wildman–Crippen LogP) is 2.18. The molecule has 8 heteroatoms. The lowest BCUT2D eigenvalue weighted by Crippen LogP contribution is -2.40. The number of anilines is 1. The van der Waals surface area contributed by atoms with Crippen molar-refractivity contribution in [3.8, 4) is 5.19 Å². The number of ether oxygens (including phenoxy) is 1. The van der Waals surface area contributed by atoms with Gasteiger partial charge in [-0.2, -0.15) is 0 Å². The quantitative estimate of drug-likeness (QED) is 0.863. The number of nitrogens with one attached hydrogen (secondary N) is 1. The Bertz CT molecular complexity index is 663. The van der Waals surface area contributed by atoms with E-state index in [9.17, 15) is 4.79 Å². The van der Waals surface area contributed by atoms with Crippen LogP contribution in [0.3, 0.4) is 0 Å². The van der Waals surface area contributed by atoms with Gasteiger partial charge in [0.15, 0.2) is 0 Å². The molecular formula is C16H21N5O2S. The van der Waals surface area contributed by atoms with E-state index in [0.29, 0.717) is 24.2 Å². The number of hydrogen-bond donors (Lipinski definition) is 1. The molecule has 0 aliphatic carbocycles. The van der Waals surface area contributed by atoms with Crippen molar-refractivity contribution in [2.24, 2.45) is 5.92 Å². The molecule has 0 bridgehead atoms. The van der Waals surface area contributed by atoms with Crippen LogP contribution in [0.4, 0.5) is 5.82 Å². The number of nitrogens with zero attached hydrogens (tertiary/aromatic N) is 4. The van der Waals surface area contributed by atoms with Crippen LogP contribution in [0.2, 0.25) is 0 Å². The molecule has 1 atom stereocenters. The van der Waals surface area contributed by atoms with Gasteiger partial charge in [-0.3, -0.25) is 9.69 Å². The SMILES string of the molecule is CCOc1nnc(CN2CCCC(C(=O)Nc3ccccn3)C2)s1. The van der Waals surface area contributed by atoms with E-state index in [-0.39, 0.29) is 11.8 Å². The molecule has 24 heavy (non-hydrogen) atoms. The summed E-state index contributed by atoms with van der Waals surface area (Å²) in [5, 5.41) is 12.6. The molecule has 0 radical (unpaired) electrons. The monoisotopic (exact) mass is 347 g/mol. The van der Waals surface area contributed by atoms with Crippen molar-refractivity contribution in [1.82, 2.24) is 20.1 Å². The molecule has 0 aromatic carbocycles. The van der Waals surface area contributed by atoms with Crippen LogP contribution in [-0.2, 0) is 11.3 Å². The van der Waals surface area contributed by atoms with Crippen LogP contribution in [0.15, 0.2) is 24.4 Å². The van der Waals surface area contributed by atoms with Crippen LogP contribution in [0.1, 0.15) is 24.8 Å². The highest BCUT2D eigenvalue weighted by Gasteiger charge is 2.26. The molecule has 1 aliphatic heterocycles. The molecule has 3 heterocycles.